The molecule has 0 aliphatic rings. The van der Waals surface area contributed by atoms with Crippen LogP contribution in [0.2, 0.25) is 0 Å². The van der Waals surface area contributed by atoms with Crippen molar-refractivity contribution in [1.82, 2.24) is 5.32 Å². The summed E-state index contributed by atoms with van der Waals surface area (Å²) in [6, 6.07) is -0.650. The second kappa shape index (κ2) is 44.5. The van der Waals surface area contributed by atoms with Crippen molar-refractivity contribution in [3.05, 3.63) is 48.6 Å². The molecule has 0 aliphatic heterocycles. The molecule has 55 heavy (non-hydrogen) atoms. The van der Waals surface area contributed by atoms with Gasteiger partial charge in [0.25, 0.3) is 0 Å². The van der Waals surface area contributed by atoms with Gasteiger partial charge in [-0.3, -0.25) is 9.59 Å². The molecule has 0 bridgehead atoms. The smallest absolute Gasteiger partial charge is 0.305 e. The van der Waals surface area contributed by atoms with Crippen LogP contribution in [0.5, 0.6) is 0 Å². The molecule has 2 unspecified atom stereocenters. The molecule has 0 rings (SSSR count). The van der Waals surface area contributed by atoms with Crippen LogP contribution in [0.3, 0.4) is 0 Å². The fourth-order valence-electron chi connectivity index (χ4n) is 6.66. The number of allylic oxidation sites excluding steroid dienone is 7. The highest BCUT2D eigenvalue weighted by molar-refractivity contribution is 5.76. The van der Waals surface area contributed by atoms with Gasteiger partial charge in [-0.1, -0.05) is 178 Å². The first-order valence-corrected chi connectivity index (χ1v) is 23.4. The lowest BCUT2D eigenvalue weighted by Crippen LogP contribution is -2.45. The number of carbonyl (C=O) groups excluding carboxylic acids is 2. The Labute approximate surface area is 340 Å². The van der Waals surface area contributed by atoms with E-state index in [9.17, 15) is 19.8 Å². The zero-order valence-corrected chi connectivity index (χ0v) is 36.1. The summed E-state index contributed by atoms with van der Waals surface area (Å²) in [7, 11) is 0. The zero-order chi connectivity index (χ0) is 40.1. The van der Waals surface area contributed by atoms with Crippen LogP contribution in [-0.4, -0.2) is 47.4 Å². The first kappa shape index (κ1) is 52.8. The molecule has 0 saturated carbocycles. The van der Waals surface area contributed by atoms with Gasteiger partial charge in [-0.2, -0.15) is 0 Å². The van der Waals surface area contributed by atoms with Gasteiger partial charge in [0.05, 0.1) is 25.4 Å². The number of unbranched alkanes of at least 4 members (excludes halogenated alkanes) is 25. The average molecular weight is 772 g/mol. The molecule has 1 amide bonds. The van der Waals surface area contributed by atoms with Crippen molar-refractivity contribution in [1.29, 1.82) is 0 Å². The zero-order valence-electron chi connectivity index (χ0n) is 36.1. The normalized spacial score (nSPS) is 13.2. The van der Waals surface area contributed by atoms with Crippen molar-refractivity contribution in [3.63, 3.8) is 0 Å². The maximum atomic E-state index is 12.4. The van der Waals surface area contributed by atoms with Crippen LogP contribution >= 0.6 is 0 Å². The fourth-order valence-corrected chi connectivity index (χ4v) is 6.66. The van der Waals surface area contributed by atoms with Gasteiger partial charge < -0.3 is 20.3 Å². The minimum absolute atomic E-state index is 0.0496. The Kier molecular flexibility index (Phi) is 42.8. The second-order valence-electron chi connectivity index (χ2n) is 15.7. The number of aliphatic hydroxyl groups is 2. The molecule has 320 valence electrons. The summed E-state index contributed by atoms with van der Waals surface area (Å²) in [5.41, 5.74) is 0. The number of carbonyl (C=O) groups is 2. The lowest BCUT2D eigenvalue weighted by molar-refractivity contribution is -0.143. The third-order valence-corrected chi connectivity index (χ3v) is 10.3. The van der Waals surface area contributed by atoms with Crippen molar-refractivity contribution in [2.45, 2.75) is 238 Å². The summed E-state index contributed by atoms with van der Waals surface area (Å²) in [5.74, 6) is -0.150. The highest BCUT2D eigenvalue weighted by Gasteiger charge is 2.18. The number of hydrogen-bond donors (Lipinski definition) is 3. The summed E-state index contributed by atoms with van der Waals surface area (Å²) >= 11 is 0. The second-order valence-corrected chi connectivity index (χ2v) is 15.7. The van der Waals surface area contributed by atoms with E-state index in [0.29, 0.717) is 19.4 Å². The molecule has 6 nitrogen and oxygen atoms in total. The number of aliphatic hydroxyl groups excluding tert-OH is 2. The maximum absolute atomic E-state index is 12.4. The minimum Gasteiger partial charge on any atom is -0.466 e. The Morgan fingerprint density at radius 2 is 0.945 bits per heavy atom. The number of rotatable bonds is 42. The van der Waals surface area contributed by atoms with E-state index in [1.54, 1.807) is 6.08 Å². The Morgan fingerprint density at radius 1 is 0.509 bits per heavy atom. The summed E-state index contributed by atoms with van der Waals surface area (Å²) < 4.78 is 5.41. The summed E-state index contributed by atoms with van der Waals surface area (Å²) in [6.45, 7) is 4.73. The number of ether oxygens (including phenoxy) is 1. The van der Waals surface area contributed by atoms with E-state index in [-0.39, 0.29) is 18.5 Å². The SMILES string of the molecule is CCC/C=C\C/C=C\CCCCCCCC(=O)OCCCC/C=C\CCCCCCCC(=O)NC(CO)C(O)/C=C/CCCCCCCCCCCCCC. The van der Waals surface area contributed by atoms with Gasteiger partial charge >= 0.3 is 5.97 Å². The van der Waals surface area contributed by atoms with Crippen molar-refractivity contribution >= 4 is 11.9 Å². The lowest BCUT2D eigenvalue weighted by atomic mass is 10.0. The topological polar surface area (TPSA) is 95.9 Å². The minimum atomic E-state index is -0.863. The molecule has 6 heteroatoms. The lowest BCUT2D eigenvalue weighted by Gasteiger charge is -2.20. The Morgan fingerprint density at radius 3 is 1.47 bits per heavy atom. The van der Waals surface area contributed by atoms with E-state index in [2.05, 4.69) is 55.6 Å². The molecular formula is C49H89NO5. The highest BCUT2D eigenvalue weighted by atomic mass is 16.5. The summed E-state index contributed by atoms with van der Waals surface area (Å²) in [6.07, 6.45) is 53.8. The molecule has 0 radical (unpaired) electrons. The van der Waals surface area contributed by atoms with Crippen LogP contribution in [0, 0.1) is 0 Å². The largest absolute Gasteiger partial charge is 0.466 e. The molecule has 3 N–H and O–H groups in total. The van der Waals surface area contributed by atoms with Crippen LogP contribution in [0.1, 0.15) is 226 Å². The van der Waals surface area contributed by atoms with E-state index in [0.717, 1.165) is 96.3 Å². The van der Waals surface area contributed by atoms with Gasteiger partial charge in [0.2, 0.25) is 5.91 Å². The monoisotopic (exact) mass is 772 g/mol. The predicted octanol–water partition coefficient (Wildman–Crippen LogP) is 13.5. The van der Waals surface area contributed by atoms with Crippen LogP contribution in [0.25, 0.3) is 0 Å². The molecule has 0 aromatic rings. The van der Waals surface area contributed by atoms with Gasteiger partial charge in [-0.05, 0) is 83.5 Å². The third-order valence-electron chi connectivity index (χ3n) is 10.3. The molecular weight excluding hydrogens is 683 g/mol. The number of nitrogens with one attached hydrogen (secondary N) is 1. The molecule has 0 aromatic carbocycles. The first-order chi connectivity index (χ1) is 27.0. The predicted molar refractivity (Wildman–Crippen MR) is 236 cm³/mol. The number of esters is 1. The standard InChI is InChI=1S/C49H89NO5/c1-3-5-7-9-11-13-15-17-19-21-25-29-33-37-41-47(52)46(45-51)50-48(53)42-38-34-30-26-22-20-24-28-32-36-40-44-55-49(54)43-39-35-31-27-23-18-16-14-12-10-8-6-4-2/h8,10,14,16,24,28,37,41,46-47,51-52H,3-7,9,11-13,15,17-23,25-27,29-36,38-40,42-45H2,1-2H3,(H,50,53)/b10-8-,16-14-,28-24-,41-37+. The van der Waals surface area contributed by atoms with Crippen LogP contribution in [0.15, 0.2) is 48.6 Å². The van der Waals surface area contributed by atoms with Crippen molar-refractivity contribution in [2.24, 2.45) is 0 Å². The molecule has 0 saturated heterocycles. The van der Waals surface area contributed by atoms with Gasteiger partial charge in [0.15, 0.2) is 0 Å². The Bertz CT molecular complexity index is 942. The Hall–Kier alpha value is -2.18. The highest BCUT2D eigenvalue weighted by Crippen LogP contribution is 2.14. The quantitative estimate of drug-likeness (QED) is 0.0326. The molecule has 0 fully saturated rings. The molecule has 0 aromatic heterocycles. The van der Waals surface area contributed by atoms with Gasteiger partial charge in [0, 0.05) is 12.8 Å². The van der Waals surface area contributed by atoms with Gasteiger partial charge in [0.1, 0.15) is 0 Å². The Balaban J connectivity index is 3.59. The van der Waals surface area contributed by atoms with E-state index >= 15 is 0 Å². The molecule has 0 spiro atoms. The fraction of sp³-hybridized carbons (Fsp3) is 0.796. The maximum Gasteiger partial charge on any atom is 0.305 e. The molecule has 0 aliphatic carbocycles. The van der Waals surface area contributed by atoms with E-state index in [1.165, 1.54) is 103 Å². The number of hydrogen-bond acceptors (Lipinski definition) is 5. The van der Waals surface area contributed by atoms with Crippen LogP contribution in [0.4, 0.5) is 0 Å². The third kappa shape index (κ3) is 41.3. The van der Waals surface area contributed by atoms with Crippen molar-refractivity contribution in [3.8, 4) is 0 Å². The van der Waals surface area contributed by atoms with Gasteiger partial charge in [-0.25, -0.2) is 0 Å². The van der Waals surface area contributed by atoms with Crippen molar-refractivity contribution < 1.29 is 24.5 Å². The van der Waals surface area contributed by atoms with Crippen LogP contribution < -0.4 is 5.32 Å². The average Bonchev–Trinajstić information content (AvgIpc) is 3.18. The number of amides is 1. The van der Waals surface area contributed by atoms with Crippen molar-refractivity contribution in [2.75, 3.05) is 13.2 Å². The van der Waals surface area contributed by atoms with E-state index in [4.69, 9.17) is 4.74 Å². The van der Waals surface area contributed by atoms with E-state index < -0.39 is 12.1 Å². The van der Waals surface area contributed by atoms with E-state index in [1.807, 2.05) is 6.08 Å². The molecule has 0 heterocycles. The first-order valence-electron chi connectivity index (χ1n) is 23.4. The molecule has 2 atom stereocenters. The summed E-state index contributed by atoms with van der Waals surface area (Å²) in [4.78, 5) is 24.4. The summed E-state index contributed by atoms with van der Waals surface area (Å²) in [5, 5.41) is 23.0. The van der Waals surface area contributed by atoms with Gasteiger partial charge in [-0.15, -0.1) is 0 Å². The van der Waals surface area contributed by atoms with Crippen LogP contribution in [-0.2, 0) is 14.3 Å².